The van der Waals surface area contributed by atoms with Crippen molar-refractivity contribution in [2.24, 2.45) is 0 Å². The van der Waals surface area contributed by atoms with E-state index in [4.69, 9.17) is 15.2 Å². The lowest BCUT2D eigenvalue weighted by molar-refractivity contribution is -0.132. The monoisotopic (exact) mass is 555 g/mol. The number of amides is 1. The number of likely N-dealkylation sites (tertiary alicyclic amines) is 2. The second kappa shape index (κ2) is 10.7. The lowest BCUT2D eigenvalue weighted by Gasteiger charge is -2.33. The fraction of sp³-hybridized carbons (Fsp3) is 0.400. The Bertz CT molecular complexity index is 1660. The molecule has 2 aliphatic rings. The van der Waals surface area contributed by atoms with Gasteiger partial charge < -0.3 is 20.0 Å². The molecule has 0 atom stereocenters. The van der Waals surface area contributed by atoms with E-state index in [1.54, 1.807) is 23.7 Å². The lowest BCUT2D eigenvalue weighted by Crippen LogP contribution is -2.41. The zero-order chi connectivity index (χ0) is 27.1. The summed E-state index contributed by atoms with van der Waals surface area (Å²) in [5, 5.41) is 8.84. The minimum Gasteiger partial charge on any atom is -0.452 e. The molecule has 40 heavy (non-hydrogen) atoms. The van der Waals surface area contributed by atoms with E-state index >= 15 is 0 Å². The van der Waals surface area contributed by atoms with Crippen LogP contribution in [-0.2, 0) is 4.79 Å². The number of carbonyl (C=O) groups is 1. The van der Waals surface area contributed by atoms with Crippen molar-refractivity contribution in [2.75, 3.05) is 38.5 Å². The molecule has 2 saturated heterocycles. The highest BCUT2D eigenvalue weighted by molar-refractivity contribution is 7.17. The van der Waals surface area contributed by atoms with Crippen LogP contribution in [0.5, 0.6) is 0 Å². The molecule has 5 aromatic rings. The third-order valence-electron chi connectivity index (χ3n) is 8.43. The van der Waals surface area contributed by atoms with Gasteiger partial charge in [-0.1, -0.05) is 6.42 Å². The fourth-order valence-corrected chi connectivity index (χ4v) is 7.05. The summed E-state index contributed by atoms with van der Waals surface area (Å²) < 4.78 is 9.42. The zero-order valence-corrected chi connectivity index (χ0v) is 23.3. The number of aromatic nitrogens is 4. The van der Waals surface area contributed by atoms with Crippen LogP contribution in [0.4, 0.5) is 5.82 Å². The van der Waals surface area contributed by atoms with Crippen LogP contribution in [0.1, 0.15) is 44.6 Å². The van der Waals surface area contributed by atoms with Crippen molar-refractivity contribution in [1.29, 1.82) is 0 Å². The van der Waals surface area contributed by atoms with Gasteiger partial charge in [0.2, 0.25) is 5.91 Å². The first kappa shape index (κ1) is 25.2. The number of hydrogen-bond donors (Lipinski definition) is 1. The second-order valence-electron chi connectivity index (χ2n) is 10.9. The molecule has 206 valence electrons. The van der Waals surface area contributed by atoms with Gasteiger partial charge in [-0.3, -0.25) is 14.5 Å². The molecule has 2 aliphatic heterocycles. The van der Waals surface area contributed by atoms with Gasteiger partial charge in [-0.05, 0) is 50.9 Å². The third kappa shape index (κ3) is 4.75. The maximum Gasteiger partial charge on any atom is 0.223 e. The van der Waals surface area contributed by atoms with Crippen molar-refractivity contribution in [1.82, 2.24) is 29.5 Å². The Morgan fingerprint density at radius 3 is 2.75 bits per heavy atom. The highest BCUT2D eigenvalue weighted by atomic mass is 32.1. The first-order valence-corrected chi connectivity index (χ1v) is 15.1. The largest absolute Gasteiger partial charge is 0.452 e. The molecule has 7 heterocycles. The third-order valence-corrected chi connectivity index (χ3v) is 9.36. The summed E-state index contributed by atoms with van der Waals surface area (Å²) in [6, 6.07) is 4.33. The van der Waals surface area contributed by atoms with E-state index in [2.05, 4.69) is 32.5 Å². The summed E-state index contributed by atoms with van der Waals surface area (Å²) in [5.41, 5.74) is 9.77. The van der Waals surface area contributed by atoms with Crippen LogP contribution < -0.4 is 5.73 Å². The van der Waals surface area contributed by atoms with Gasteiger partial charge in [0.1, 0.15) is 5.76 Å². The van der Waals surface area contributed by atoms with Crippen molar-refractivity contribution >= 4 is 44.1 Å². The van der Waals surface area contributed by atoms with E-state index in [-0.39, 0.29) is 11.9 Å². The van der Waals surface area contributed by atoms with Crippen molar-refractivity contribution in [3.8, 4) is 22.5 Å². The number of carbonyl (C=O) groups excluding carboxylic acids is 1. The Hall–Kier alpha value is -3.76. The van der Waals surface area contributed by atoms with E-state index in [0.29, 0.717) is 17.8 Å². The van der Waals surface area contributed by atoms with E-state index < -0.39 is 0 Å². The molecule has 10 heteroatoms. The molecule has 0 saturated carbocycles. The van der Waals surface area contributed by atoms with Crippen molar-refractivity contribution in [3.05, 3.63) is 48.5 Å². The van der Waals surface area contributed by atoms with Gasteiger partial charge in [-0.25, -0.2) is 4.98 Å². The molecule has 9 nitrogen and oxygen atoms in total. The number of nitrogen functional groups attached to an aromatic ring is 1. The topological polar surface area (TPSA) is 106 Å². The van der Waals surface area contributed by atoms with Crippen LogP contribution in [0.15, 0.2) is 52.9 Å². The molecule has 0 bridgehead atoms. The predicted octanol–water partition coefficient (Wildman–Crippen LogP) is 5.59. The van der Waals surface area contributed by atoms with Crippen molar-refractivity contribution in [3.63, 3.8) is 0 Å². The summed E-state index contributed by atoms with van der Waals surface area (Å²) in [7, 11) is 0. The predicted molar refractivity (Wildman–Crippen MR) is 158 cm³/mol. The molecule has 2 N–H and O–H groups in total. The van der Waals surface area contributed by atoms with Gasteiger partial charge in [0, 0.05) is 83.7 Å². The van der Waals surface area contributed by atoms with Crippen molar-refractivity contribution in [2.45, 2.75) is 44.6 Å². The molecule has 0 spiro atoms. The Morgan fingerprint density at radius 1 is 1.05 bits per heavy atom. The van der Waals surface area contributed by atoms with Gasteiger partial charge in [0.25, 0.3) is 0 Å². The van der Waals surface area contributed by atoms with E-state index in [0.717, 1.165) is 83.5 Å². The minimum absolute atomic E-state index is 0.266. The molecular weight excluding hydrogens is 522 g/mol. The van der Waals surface area contributed by atoms with E-state index in [9.17, 15) is 4.79 Å². The first-order chi connectivity index (χ1) is 19.6. The molecule has 0 unspecified atom stereocenters. The van der Waals surface area contributed by atoms with Crippen LogP contribution >= 0.6 is 11.3 Å². The van der Waals surface area contributed by atoms with Crippen LogP contribution in [-0.4, -0.2) is 68.2 Å². The second-order valence-corrected chi connectivity index (χ2v) is 11.8. The summed E-state index contributed by atoms with van der Waals surface area (Å²) in [6.07, 6.45) is 15.7. The number of piperidine rings is 2. The average molecular weight is 556 g/mol. The molecular formula is C30H33N7O2S. The Balaban J connectivity index is 1.06. The fourth-order valence-electron chi connectivity index (χ4n) is 6.13. The summed E-state index contributed by atoms with van der Waals surface area (Å²) in [4.78, 5) is 26.0. The molecule has 0 aliphatic carbocycles. The molecule has 2 fully saturated rings. The maximum absolute atomic E-state index is 12.8. The highest BCUT2D eigenvalue weighted by Gasteiger charge is 2.25. The SMILES string of the molecule is Nc1ncc(-c2cnn(C3CCN(C(=O)CCN4CCCCC4)CC3)c2)c2cc(-c3csc4cnccc34)oc12. The number of nitrogens with zero attached hydrogens (tertiary/aromatic N) is 6. The smallest absolute Gasteiger partial charge is 0.223 e. The zero-order valence-electron chi connectivity index (χ0n) is 22.5. The Morgan fingerprint density at radius 2 is 1.90 bits per heavy atom. The number of rotatable bonds is 6. The highest BCUT2D eigenvalue weighted by Crippen LogP contribution is 2.40. The number of furan rings is 1. The van der Waals surface area contributed by atoms with Gasteiger partial charge in [0.15, 0.2) is 11.4 Å². The van der Waals surface area contributed by atoms with E-state index in [1.807, 2.05) is 28.0 Å². The lowest BCUT2D eigenvalue weighted by atomic mass is 10.0. The summed E-state index contributed by atoms with van der Waals surface area (Å²) in [5.74, 6) is 1.42. The van der Waals surface area contributed by atoms with Crippen LogP contribution in [0.2, 0.25) is 0 Å². The van der Waals surface area contributed by atoms with Crippen LogP contribution in [0.3, 0.4) is 0 Å². The molecule has 1 amide bonds. The summed E-state index contributed by atoms with van der Waals surface area (Å²) >= 11 is 1.64. The normalized spacial score (nSPS) is 17.2. The van der Waals surface area contributed by atoms with Gasteiger partial charge in [-0.2, -0.15) is 5.10 Å². The maximum atomic E-state index is 12.8. The number of nitrogens with two attached hydrogens (primary N) is 1. The van der Waals surface area contributed by atoms with Gasteiger partial charge >= 0.3 is 0 Å². The number of thiophene rings is 1. The first-order valence-electron chi connectivity index (χ1n) is 14.2. The van der Waals surface area contributed by atoms with Crippen molar-refractivity contribution < 1.29 is 9.21 Å². The molecule has 7 rings (SSSR count). The number of hydrogen-bond acceptors (Lipinski definition) is 8. The molecule has 0 radical (unpaired) electrons. The Kier molecular flexibility index (Phi) is 6.73. The van der Waals surface area contributed by atoms with Gasteiger partial charge in [0.05, 0.1) is 16.9 Å². The average Bonchev–Trinajstić information content (AvgIpc) is 3.76. The van der Waals surface area contributed by atoms with E-state index in [1.165, 1.54) is 19.3 Å². The van der Waals surface area contributed by atoms with Crippen LogP contribution in [0, 0.1) is 0 Å². The van der Waals surface area contributed by atoms with Crippen LogP contribution in [0.25, 0.3) is 43.5 Å². The quantitative estimate of drug-likeness (QED) is 0.291. The number of anilines is 1. The van der Waals surface area contributed by atoms with Gasteiger partial charge in [-0.15, -0.1) is 11.3 Å². The molecule has 0 aromatic carbocycles. The minimum atomic E-state index is 0.266. The number of pyridine rings is 2. The molecule has 5 aromatic heterocycles. The summed E-state index contributed by atoms with van der Waals surface area (Å²) in [6.45, 7) is 4.72. The number of fused-ring (bicyclic) bond motifs is 2. The standard InChI is InChI=1S/C30H33N7O2S/c31-30-29-23(14-26(39-29)25-19-40-27-17-32-8-4-22(25)27)24(16-33-30)20-15-34-37(18-20)21-5-12-36(13-6-21)28(38)7-11-35-9-2-1-3-10-35/h4,8,14-19,21H,1-3,5-7,9-13H2,(H2,31,33). The Labute approximate surface area is 236 Å².